The predicted molar refractivity (Wildman–Crippen MR) is 96.9 cm³/mol. The fourth-order valence-corrected chi connectivity index (χ4v) is 3.65. The zero-order valence-electron chi connectivity index (χ0n) is 13.6. The molecule has 2 aromatic carbocycles. The van der Waals surface area contributed by atoms with E-state index in [0.717, 1.165) is 28.6 Å². The zero-order chi connectivity index (χ0) is 17.4. The molecule has 0 bridgehead atoms. The van der Waals surface area contributed by atoms with E-state index in [-0.39, 0.29) is 23.7 Å². The molecule has 25 heavy (non-hydrogen) atoms. The Morgan fingerprint density at radius 1 is 1.20 bits per heavy atom. The summed E-state index contributed by atoms with van der Waals surface area (Å²) in [7, 11) is 1.36. The summed E-state index contributed by atoms with van der Waals surface area (Å²) < 4.78 is 8.99. The van der Waals surface area contributed by atoms with Crippen molar-refractivity contribution in [3.05, 3.63) is 59.0 Å². The van der Waals surface area contributed by atoms with E-state index in [4.69, 9.17) is 4.74 Å². The van der Waals surface area contributed by atoms with Crippen molar-refractivity contribution >= 4 is 40.0 Å². The summed E-state index contributed by atoms with van der Waals surface area (Å²) in [5.74, 6) is -0.157. The maximum atomic E-state index is 12.5. The fourth-order valence-electron chi connectivity index (χ4n) is 3.01. The lowest BCUT2D eigenvalue weighted by Crippen LogP contribution is -2.14. The number of hydrogen-bond donors (Lipinski definition) is 1. The lowest BCUT2D eigenvalue weighted by Gasteiger charge is -2.06. The monoisotopic (exact) mass is 352 g/mol. The molecule has 0 aliphatic heterocycles. The number of esters is 1. The highest BCUT2D eigenvalue weighted by Gasteiger charge is 2.43. The number of fused-ring (bicyclic) bond motifs is 1. The van der Waals surface area contributed by atoms with Crippen LogP contribution in [-0.2, 0) is 9.53 Å². The summed E-state index contributed by atoms with van der Waals surface area (Å²) in [4.78, 5) is 23.9. The van der Waals surface area contributed by atoms with Crippen molar-refractivity contribution in [2.45, 2.75) is 12.3 Å². The molecule has 0 spiro atoms. The highest BCUT2D eigenvalue weighted by molar-refractivity contribution is 7.04. The Kier molecular flexibility index (Phi) is 3.97. The van der Waals surface area contributed by atoms with E-state index >= 15 is 0 Å². The van der Waals surface area contributed by atoms with Gasteiger partial charge in [0.25, 0.3) is 0 Å². The Hall–Kier alpha value is -2.73. The van der Waals surface area contributed by atoms with Crippen LogP contribution >= 0.6 is 11.5 Å². The van der Waals surface area contributed by atoms with Crippen molar-refractivity contribution in [2.75, 3.05) is 12.4 Å². The Labute approximate surface area is 148 Å². The van der Waals surface area contributed by atoms with Crippen LogP contribution in [0, 0.1) is 5.92 Å². The van der Waals surface area contributed by atoms with Crippen molar-refractivity contribution in [3.63, 3.8) is 0 Å². The van der Waals surface area contributed by atoms with Crippen LogP contribution in [0.4, 0.5) is 5.69 Å². The van der Waals surface area contributed by atoms with Gasteiger partial charge >= 0.3 is 5.97 Å². The molecular weight excluding hydrogens is 336 g/mol. The summed E-state index contributed by atoms with van der Waals surface area (Å²) in [5, 5.41) is 6.04. The lowest BCUT2D eigenvalue weighted by molar-refractivity contribution is -0.117. The van der Waals surface area contributed by atoms with Crippen LogP contribution in [0.5, 0.6) is 0 Å². The molecule has 1 aromatic heterocycles. The molecule has 126 valence electrons. The molecule has 4 rings (SSSR count). The predicted octanol–water partition coefficient (Wildman–Crippen LogP) is 3.83. The summed E-state index contributed by atoms with van der Waals surface area (Å²) in [6, 6.07) is 13.0. The van der Waals surface area contributed by atoms with E-state index in [1.54, 1.807) is 12.1 Å². The maximum absolute atomic E-state index is 12.5. The number of hydrogen-bond acceptors (Lipinski definition) is 5. The molecule has 1 heterocycles. The first-order valence-electron chi connectivity index (χ1n) is 7.99. The van der Waals surface area contributed by atoms with Crippen molar-refractivity contribution in [1.82, 2.24) is 4.37 Å². The molecule has 0 saturated heterocycles. The minimum atomic E-state index is -0.353. The van der Waals surface area contributed by atoms with E-state index in [9.17, 15) is 9.59 Å². The topological polar surface area (TPSA) is 68.3 Å². The van der Waals surface area contributed by atoms with Gasteiger partial charge < -0.3 is 10.1 Å². The normalized spacial score (nSPS) is 18.8. The standard InChI is InChI=1S/C19H16N2O3S/c1-24-19(23)12-4-2-11(3-5-12)15-9-16(15)18(22)20-14-7-6-13-10-25-21-17(13)8-14/h2-8,10,15-16H,9H2,1H3,(H,20,22)/t15-,16+/m1/s1. The zero-order valence-corrected chi connectivity index (χ0v) is 14.4. The molecule has 1 N–H and O–H groups in total. The van der Waals surface area contributed by atoms with Gasteiger partial charge in [-0.25, -0.2) is 4.79 Å². The molecule has 1 fully saturated rings. The van der Waals surface area contributed by atoms with Crippen LogP contribution in [0.3, 0.4) is 0 Å². The third-order valence-corrected chi connectivity index (χ3v) is 5.18. The third kappa shape index (κ3) is 3.13. The second-order valence-corrected chi connectivity index (χ2v) is 6.77. The Balaban J connectivity index is 1.41. The van der Waals surface area contributed by atoms with E-state index < -0.39 is 0 Å². The highest BCUT2D eigenvalue weighted by Crippen LogP contribution is 2.48. The maximum Gasteiger partial charge on any atom is 0.337 e. The van der Waals surface area contributed by atoms with Gasteiger partial charge in [-0.3, -0.25) is 4.79 Å². The SMILES string of the molecule is COC(=O)c1ccc([C@H]2C[C@@H]2C(=O)Nc2ccc3csnc3c2)cc1. The third-order valence-electron chi connectivity index (χ3n) is 4.52. The van der Waals surface area contributed by atoms with E-state index in [1.807, 2.05) is 35.7 Å². The van der Waals surface area contributed by atoms with Crippen LogP contribution in [0.25, 0.3) is 10.9 Å². The number of benzene rings is 2. The van der Waals surface area contributed by atoms with Gasteiger partial charge in [0.1, 0.15) is 0 Å². The van der Waals surface area contributed by atoms with E-state index in [2.05, 4.69) is 9.69 Å². The number of amides is 1. The molecule has 1 amide bonds. The molecule has 1 saturated carbocycles. The molecule has 5 nitrogen and oxygen atoms in total. The molecule has 0 unspecified atom stereocenters. The molecular formula is C19H16N2O3S. The van der Waals surface area contributed by atoms with Gasteiger partial charge in [0.15, 0.2) is 0 Å². The number of nitrogens with zero attached hydrogens (tertiary/aromatic N) is 1. The number of nitrogens with one attached hydrogen (secondary N) is 1. The van der Waals surface area contributed by atoms with Gasteiger partial charge in [-0.1, -0.05) is 12.1 Å². The first-order valence-corrected chi connectivity index (χ1v) is 8.82. The van der Waals surface area contributed by atoms with Crippen LogP contribution < -0.4 is 5.32 Å². The molecule has 1 aliphatic carbocycles. The van der Waals surface area contributed by atoms with Crippen molar-refractivity contribution in [1.29, 1.82) is 0 Å². The van der Waals surface area contributed by atoms with Gasteiger partial charge in [0, 0.05) is 22.4 Å². The van der Waals surface area contributed by atoms with E-state index in [0.29, 0.717) is 5.56 Å². The van der Waals surface area contributed by atoms with Crippen LogP contribution in [0.1, 0.15) is 28.3 Å². The quantitative estimate of drug-likeness (QED) is 0.725. The summed E-state index contributed by atoms with van der Waals surface area (Å²) in [5.41, 5.74) is 3.26. The van der Waals surface area contributed by atoms with Crippen molar-refractivity contribution < 1.29 is 14.3 Å². The average molecular weight is 352 g/mol. The van der Waals surface area contributed by atoms with E-state index in [1.165, 1.54) is 18.6 Å². The highest BCUT2D eigenvalue weighted by atomic mass is 32.1. The van der Waals surface area contributed by atoms with Gasteiger partial charge in [-0.05, 0) is 59.8 Å². The average Bonchev–Trinajstić information content (AvgIpc) is 3.31. The molecule has 1 aliphatic rings. The fraction of sp³-hybridized carbons (Fsp3) is 0.211. The summed E-state index contributed by atoms with van der Waals surface area (Å²) in [6.07, 6.45) is 0.822. The number of anilines is 1. The van der Waals surface area contributed by atoms with Gasteiger partial charge in [-0.2, -0.15) is 4.37 Å². The minimum Gasteiger partial charge on any atom is -0.465 e. The minimum absolute atomic E-state index is 0.0247. The molecule has 2 atom stereocenters. The number of aromatic nitrogens is 1. The van der Waals surface area contributed by atoms with Gasteiger partial charge in [-0.15, -0.1) is 0 Å². The number of carbonyl (C=O) groups is 2. The second-order valence-electron chi connectivity index (χ2n) is 6.14. The van der Waals surface area contributed by atoms with Crippen LogP contribution in [-0.4, -0.2) is 23.4 Å². The molecule has 6 heteroatoms. The van der Waals surface area contributed by atoms with Gasteiger partial charge in [0.2, 0.25) is 5.91 Å². The summed E-state index contributed by atoms with van der Waals surface area (Å²) in [6.45, 7) is 0. The van der Waals surface area contributed by atoms with Crippen molar-refractivity contribution in [2.24, 2.45) is 5.92 Å². The first kappa shape index (κ1) is 15.8. The van der Waals surface area contributed by atoms with Crippen molar-refractivity contribution in [3.8, 4) is 0 Å². The Morgan fingerprint density at radius 3 is 2.76 bits per heavy atom. The largest absolute Gasteiger partial charge is 0.465 e. The van der Waals surface area contributed by atoms with Crippen LogP contribution in [0.15, 0.2) is 47.8 Å². The van der Waals surface area contributed by atoms with Gasteiger partial charge in [0.05, 0.1) is 18.2 Å². The molecule has 3 aromatic rings. The second kappa shape index (κ2) is 6.29. The Morgan fingerprint density at radius 2 is 2.00 bits per heavy atom. The number of rotatable bonds is 4. The summed E-state index contributed by atoms with van der Waals surface area (Å²) >= 11 is 1.41. The Bertz CT molecular complexity index is 949. The molecule has 0 radical (unpaired) electrons. The number of methoxy groups -OCH3 is 1. The lowest BCUT2D eigenvalue weighted by atomic mass is 10.1. The number of ether oxygens (including phenoxy) is 1. The van der Waals surface area contributed by atoms with Crippen LogP contribution in [0.2, 0.25) is 0 Å². The smallest absolute Gasteiger partial charge is 0.337 e. The number of carbonyl (C=O) groups excluding carboxylic acids is 2. The first-order chi connectivity index (χ1) is 12.2.